The van der Waals surface area contributed by atoms with Crippen molar-refractivity contribution in [2.45, 2.75) is 84.0 Å². The van der Waals surface area contributed by atoms with E-state index < -0.39 is 0 Å². The minimum absolute atomic E-state index is 0.313. The van der Waals surface area contributed by atoms with Gasteiger partial charge in [0, 0.05) is 6.61 Å². The summed E-state index contributed by atoms with van der Waals surface area (Å²) in [5, 5.41) is 8.97. The first-order valence-electron chi connectivity index (χ1n) is 10.9. The number of aliphatic hydroxyl groups excluding tert-OH is 1. The molecule has 1 heteroatoms. The van der Waals surface area contributed by atoms with E-state index in [-0.39, 0.29) is 0 Å². The van der Waals surface area contributed by atoms with Crippen LogP contribution in [0.3, 0.4) is 0 Å². The topological polar surface area (TPSA) is 20.2 Å². The molecule has 2 rings (SSSR count). The molecule has 1 aliphatic rings. The summed E-state index contributed by atoms with van der Waals surface area (Å²) in [7, 11) is 0. The SMILES string of the molecule is CCCCc1ccc(CCCCCCC2C=CC=C(CCCO)C2)cc1. The van der Waals surface area contributed by atoms with Crippen LogP contribution in [0.1, 0.15) is 82.3 Å². The van der Waals surface area contributed by atoms with E-state index in [9.17, 15) is 0 Å². The molecular weight excluding hydrogens is 316 g/mol. The fourth-order valence-corrected chi connectivity index (χ4v) is 3.85. The minimum Gasteiger partial charge on any atom is -0.396 e. The van der Waals surface area contributed by atoms with E-state index in [4.69, 9.17) is 5.11 Å². The molecule has 1 aromatic carbocycles. The zero-order chi connectivity index (χ0) is 18.5. The second-order valence-electron chi connectivity index (χ2n) is 7.87. The zero-order valence-electron chi connectivity index (χ0n) is 16.8. The van der Waals surface area contributed by atoms with Gasteiger partial charge in [0.15, 0.2) is 0 Å². The number of benzene rings is 1. The van der Waals surface area contributed by atoms with Crippen molar-refractivity contribution in [2.24, 2.45) is 5.92 Å². The average molecular weight is 355 g/mol. The lowest BCUT2D eigenvalue weighted by Crippen LogP contribution is -2.03. The van der Waals surface area contributed by atoms with Crippen molar-refractivity contribution >= 4 is 0 Å². The third kappa shape index (κ3) is 8.36. The van der Waals surface area contributed by atoms with Gasteiger partial charge in [-0.1, -0.05) is 80.7 Å². The molecule has 0 saturated heterocycles. The molecule has 0 aromatic heterocycles. The van der Waals surface area contributed by atoms with Crippen LogP contribution in [0.5, 0.6) is 0 Å². The van der Waals surface area contributed by atoms with Gasteiger partial charge in [0.2, 0.25) is 0 Å². The Labute approximate surface area is 161 Å². The quantitative estimate of drug-likeness (QED) is 0.386. The minimum atomic E-state index is 0.313. The van der Waals surface area contributed by atoms with E-state index in [0.717, 1.165) is 18.8 Å². The predicted octanol–water partition coefficient (Wildman–Crippen LogP) is 6.80. The second-order valence-corrected chi connectivity index (χ2v) is 7.87. The highest BCUT2D eigenvalue weighted by molar-refractivity contribution is 5.22. The van der Waals surface area contributed by atoms with Crippen LogP contribution in [0.2, 0.25) is 0 Å². The highest BCUT2D eigenvalue weighted by atomic mass is 16.2. The summed E-state index contributed by atoms with van der Waals surface area (Å²) in [4.78, 5) is 0. The monoisotopic (exact) mass is 354 g/mol. The Bertz CT molecular complexity index is 538. The van der Waals surface area contributed by atoms with Crippen molar-refractivity contribution in [2.75, 3.05) is 6.61 Å². The van der Waals surface area contributed by atoms with Gasteiger partial charge in [-0.25, -0.2) is 0 Å². The second kappa shape index (κ2) is 12.9. The van der Waals surface area contributed by atoms with Crippen molar-refractivity contribution in [1.82, 2.24) is 0 Å². The van der Waals surface area contributed by atoms with E-state index in [1.807, 2.05) is 0 Å². The van der Waals surface area contributed by atoms with E-state index >= 15 is 0 Å². The maximum absolute atomic E-state index is 8.97. The van der Waals surface area contributed by atoms with E-state index in [1.54, 1.807) is 0 Å². The summed E-state index contributed by atoms with van der Waals surface area (Å²) in [6.07, 6.45) is 21.7. The molecule has 0 heterocycles. The smallest absolute Gasteiger partial charge is 0.0434 e. The number of aryl methyl sites for hydroxylation is 2. The van der Waals surface area contributed by atoms with Gasteiger partial charge in [-0.3, -0.25) is 0 Å². The van der Waals surface area contributed by atoms with E-state index in [0.29, 0.717) is 6.61 Å². The maximum atomic E-state index is 8.97. The van der Waals surface area contributed by atoms with Gasteiger partial charge in [-0.2, -0.15) is 0 Å². The summed E-state index contributed by atoms with van der Waals surface area (Å²) < 4.78 is 0. The van der Waals surface area contributed by atoms with Gasteiger partial charge in [0.1, 0.15) is 0 Å². The van der Waals surface area contributed by atoms with Crippen molar-refractivity contribution in [3.05, 3.63) is 59.2 Å². The summed E-state index contributed by atoms with van der Waals surface area (Å²) in [5.41, 5.74) is 4.51. The lowest BCUT2D eigenvalue weighted by atomic mass is 9.88. The van der Waals surface area contributed by atoms with Gasteiger partial charge in [0.25, 0.3) is 0 Å². The third-order valence-electron chi connectivity index (χ3n) is 5.53. The molecule has 0 aliphatic heterocycles. The lowest BCUT2D eigenvalue weighted by molar-refractivity contribution is 0.287. The van der Waals surface area contributed by atoms with Gasteiger partial charge in [-0.15, -0.1) is 0 Å². The van der Waals surface area contributed by atoms with Crippen molar-refractivity contribution in [3.63, 3.8) is 0 Å². The van der Waals surface area contributed by atoms with Gasteiger partial charge >= 0.3 is 0 Å². The standard InChI is InChI=1S/C25H38O/c1-2-3-10-22-16-18-23(19-17-22)11-6-4-5-7-12-24-13-8-14-25(21-24)15-9-20-26/h8,13-14,16-19,24,26H,2-7,9-12,15,20-21H2,1H3. The Hall–Kier alpha value is -1.34. The molecule has 1 unspecified atom stereocenters. The van der Waals surface area contributed by atoms with Crippen LogP contribution in [0.4, 0.5) is 0 Å². The van der Waals surface area contributed by atoms with Crippen LogP contribution in [-0.4, -0.2) is 11.7 Å². The molecule has 1 aliphatic carbocycles. The molecular formula is C25H38O. The van der Waals surface area contributed by atoms with Crippen LogP contribution >= 0.6 is 0 Å². The van der Waals surface area contributed by atoms with Crippen LogP contribution in [0, 0.1) is 5.92 Å². The zero-order valence-corrected chi connectivity index (χ0v) is 16.8. The van der Waals surface area contributed by atoms with Crippen LogP contribution in [-0.2, 0) is 12.8 Å². The number of allylic oxidation sites excluding steroid dienone is 4. The number of hydrogen-bond donors (Lipinski definition) is 1. The molecule has 144 valence electrons. The summed E-state index contributed by atoms with van der Waals surface area (Å²) in [5.74, 6) is 0.726. The van der Waals surface area contributed by atoms with E-state index in [2.05, 4.69) is 49.4 Å². The first kappa shape index (κ1) is 21.0. The molecule has 0 saturated carbocycles. The van der Waals surface area contributed by atoms with Crippen LogP contribution < -0.4 is 0 Å². The van der Waals surface area contributed by atoms with Crippen LogP contribution in [0.15, 0.2) is 48.1 Å². The molecule has 0 radical (unpaired) electrons. The molecule has 0 fully saturated rings. The van der Waals surface area contributed by atoms with Crippen molar-refractivity contribution in [3.8, 4) is 0 Å². The number of unbranched alkanes of at least 4 members (excludes halogenated alkanes) is 4. The Morgan fingerprint density at radius 2 is 1.54 bits per heavy atom. The van der Waals surface area contributed by atoms with Gasteiger partial charge in [-0.05, 0) is 68.4 Å². The number of rotatable bonds is 13. The fraction of sp³-hybridized carbons (Fsp3) is 0.600. The normalized spacial score (nSPS) is 16.7. The van der Waals surface area contributed by atoms with Crippen molar-refractivity contribution in [1.29, 1.82) is 0 Å². The molecule has 1 nitrogen and oxygen atoms in total. The molecule has 1 N–H and O–H groups in total. The molecule has 26 heavy (non-hydrogen) atoms. The largest absolute Gasteiger partial charge is 0.396 e. The highest BCUT2D eigenvalue weighted by Crippen LogP contribution is 2.26. The highest BCUT2D eigenvalue weighted by Gasteiger charge is 2.10. The van der Waals surface area contributed by atoms with Crippen molar-refractivity contribution < 1.29 is 5.11 Å². The Morgan fingerprint density at radius 1 is 0.846 bits per heavy atom. The molecule has 1 atom stereocenters. The summed E-state index contributed by atoms with van der Waals surface area (Å²) >= 11 is 0. The first-order chi connectivity index (χ1) is 12.8. The predicted molar refractivity (Wildman–Crippen MR) is 113 cm³/mol. The van der Waals surface area contributed by atoms with Gasteiger partial charge in [0.05, 0.1) is 0 Å². The average Bonchev–Trinajstić information content (AvgIpc) is 2.68. The summed E-state index contributed by atoms with van der Waals surface area (Å²) in [6.45, 7) is 2.57. The lowest BCUT2D eigenvalue weighted by Gasteiger charge is -2.18. The Kier molecular flexibility index (Phi) is 10.4. The van der Waals surface area contributed by atoms with E-state index in [1.165, 1.54) is 80.9 Å². The molecule has 0 bridgehead atoms. The van der Waals surface area contributed by atoms with Crippen LogP contribution in [0.25, 0.3) is 0 Å². The Morgan fingerprint density at radius 3 is 2.23 bits per heavy atom. The first-order valence-corrected chi connectivity index (χ1v) is 10.9. The Balaban J connectivity index is 1.53. The summed E-state index contributed by atoms with van der Waals surface area (Å²) in [6, 6.07) is 9.31. The fourth-order valence-electron chi connectivity index (χ4n) is 3.85. The molecule has 1 aromatic rings. The molecule has 0 spiro atoms. The molecule has 0 amide bonds. The van der Waals surface area contributed by atoms with Gasteiger partial charge < -0.3 is 5.11 Å². The maximum Gasteiger partial charge on any atom is 0.0434 e. The number of hydrogen-bond acceptors (Lipinski definition) is 1. The third-order valence-corrected chi connectivity index (χ3v) is 5.53. The number of aliphatic hydroxyl groups is 1.